The van der Waals surface area contributed by atoms with Crippen LogP contribution in [-0.4, -0.2) is 46.8 Å². The van der Waals surface area contributed by atoms with Gasteiger partial charge in [-0.05, 0) is 26.3 Å². The molecule has 0 aliphatic rings. The van der Waals surface area contributed by atoms with Gasteiger partial charge in [0.15, 0.2) is 0 Å². The molecular formula is C18H24N2O7. The van der Waals surface area contributed by atoms with E-state index in [4.69, 9.17) is 20.3 Å². The van der Waals surface area contributed by atoms with Crippen LogP contribution >= 0.6 is 0 Å². The second kappa shape index (κ2) is 9.56. The monoisotopic (exact) mass is 380 g/mol. The molecule has 9 nitrogen and oxygen atoms in total. The summed E-state index contributed by atoms with van der Waals surface area (Å²) in [6, 6.07) is 7.53. The summed E-state index contributed by atoms with van der Waals surface area (Å²) in [5, 5.41) is 11.5. The highest BCUT2D eigenvalue weighted by molar-refractivity contribution is 5.87. The van der Waals surface area contributed by atoms with Crippen molar-refractivity contribution in [2.24, 2.45) is 5.73 Å². The number of primary amides is 1. The van der Waals surface area contributed by atoms with Gasteiger partial charge in [0, 0.05) is 6.42 Å². The Morgan fingerprint density at radius 2 is 1.74 bits per heavy atom. The zero-order valence-electron chi connectivity index (χ0n) is 15.4. The summed E-state index contributed by atoms with van der Waals surface area (Å²) in [7, 11) is 0. The number of carboxylic acid groups (broad SMARTS) is 1. The van der Waals surface area contributed by atoms with E-state index in [0.29, 0.717) is 5.56 Å². The normalized spacial score (nSPS) is 13.1. The van der Waals surface area contributed by atoms with Gasteiger partial charge in [-0.25, -0.2) is 14.4 Å². The van der Waals surface area contributed by atoms with Crippen molar-refractivity contribution < 1.29 is 33.8 Å². The van der Waals surface area contributed by atoms with Gasteiger partial charge in [-0.15, -0.1) is 0 Å². The summed E-state index contributed by atoms with van der Waals surface area (Å²) in [6.45, 7) is 4.97. The molecule has 0 aliphatic heterocycles. The number of nitrogens with two attached hydrogens (primary N) is 1. The molecule has 0 saturated carbocycles. The minimum absolute atomic E-state index is 0.0435. The van der Waals surface area contributed by atoms with Crippen LogP contribution in [0.25, 0.3) is 0 Å². The average Bonchev–Trinajstić information content (AvgIpc) is 2.52. The summed E-state index contributed by atoms with van der Waals surface area (Å²) in [4.78, 5) is 46.6. The fourth-order valence-electron chi connectivity index (χ4n) is 2.08. The van der Waals surface area contributed by atoms with Gasteiger partial charge >= 0.3 is 18.0 Å². The number of aliphatic carboxylic acids is 1. The Labute approximate surface area is 156 Å². The number of ether oxygens (including phenoxy) is 2. The lowest BCUT2D eigenvalue weighted by atomic mass is 10.1. The number of benzene rings is 1. The third kappa shape index (κ3) is 8.70. The van der Waals surface area contributed by atoms with E-state index in [1.54, 1.807) is 51.1 Å². The molecule has 0 fully saturated rings. The first-order valence-electron chi connectivity index (χ1n) is 8.23. The number of carbonyl (C=O) groups excluding carboxylic acids is 3. The summed E-state index contributed by atoms with van der Waals surface area (Å²) < 4.78 is 10.0. The fraction of sp³-hybridized carbons (Fsp3) is 0.444. The van der Waals surface area contributed by atoms with Crippen molar-refractivity contribution in [3.8, 4) is 0 Å². The molecule has 0 unspecified atom stereocenters. The number of hydrogen-bond donors (Lipinski definition) is 3. The van der Waals surface area contributed by atoms with Gasteiger partial charge in [-0.3, -0.25) is 4.79 Å². The number of amides is 2. The van der Waals surface area contributed by atoms with Gasteiger partial charge in [-0.2, -0.15) is 0 Å². The number of nitrogens with one attached hydrogen (secondary N) is 1. The van der Waals surface area contributed by atoms with Gasteiger partial charge in [0.05, 0.1) is 6.42 Å². The van der Waals surface area contributed by atoms with E-state index < -0.39 is 48.1 Å². The third-order valence-electron chi connectivity index (χ3n) is 3.18. The van der Waals surface area contributed by atoms with E-state index in [0.717, 1.165) is 0 Å². The predicted octanol–water partition coefficient (Wildman–Crippen LogP) is 0.994. The van der Waals surface area contributed by atoms with Crippen LogP contribution in [-0.2, 0) is 30.3 Å². The topological polar surface area (TPSA) is 145 Å². The first kappa shape index (κ1) is 21.9. The van der Waals surface area contributed by atoms with E-state index in [2.05, 4.69) is 5.32 Å². The molecule has 2 atom stereocenters. The lowest BCUT2D eigenvalue weighted by Gasteiger charge is -2.24. The number of carboxylic acids is 1. The SMILES string of the molecule is CC(C)(C)OC(=O)N[C@@H](Cc1ccccc1)C(=O)O[C@@H](CC(N)=O)C(=O)O. The highest BCUT2D eigenvalue weighted by Crippen LogP contribution is 2.11. The summed E-state index contributed by atoms with van der Waals surface area (Å²) in [6.07, 6.45) is -3.23. The molecule has 0 spiro atoms. The number of rotatable bonds is 8. The molecular weight excluding hydrogens is 356 g/mol. The number of alkyl carbamates (subject to hydrolysis) is 1. The van der Waals surface area contributed by atoms with Crippen LogP contribution in [0.1, 0.15) is 32.8 Å². The smallest absolute Gasteiger partial charge is 0.408 e. The van der Waals surface area contributed by atoms with E-state index in [1.165, 1.54) is 0 Å². The van der Waals surface area contributed by atoms with Crippen LogP contribution in [0.2, 0.25) is 0 Å². The molecule has 0 aromatic heterocycles. The Balaban J connectivity index is 2.94. The summed E-state index contributed by atoms with van der Waals surface area (Å²) in [5.41, 5.74) is 4.89. The molecule has 1 aromatic rings. The van der Waals surface area contributed by atoms with E-state index in [9.17, 15) is 19.2 Å². The predicted molar refractivity (Wildman–Crippen MR) is 94.6 cm³/mol. The van der Waals surface area contributed by atoms with Gasteiger partial charge in [0.2, 0.25) is 12.0 Å². The first-order valence-corrected chi connectivity index (χ1v) is 8.23. The Hall–Kier alpha value is -3.10. The average molecular weight is 380 g/mol. The van der Waals surface area contributed by atoms with Crippen molar-refractivity contribution in [3.05, 3.63) is 35.9 Å². The third-order valence-corrected chi connectivity index (χ3v) is 3.18. The van der Waals surface area contributed by atoms with Crippen molar-refractivity contribution in [1.82, 2.24) is 5.32 Å². The van der Waals surface area contributed by atoms with Crippen LogP contribution in [0.4, 0.5) is 4.79 Å². The van der Waals surface area contributed by atoms with Crippen LogP contribution in [0.3, 0.4) is 0 Å². The first-order chi connectivity index (χ1) is 12.5. The lowest BCUT2D eigenvalue weighted by molar-refractivity contribution is -0.166. The maximum absolute atomic E-state index is 12.4. The van der Waals surface area contributed by atoms with Crippen LogP contribution in [0, 0.1) is 0 Å². The van der Waals surface area contributed by atoms with Crippen LogP contribution < -0.4 is 11.1 Å². The van der Waals surface area contributed by atoms with Crippen molar-refractivity contribution in [1.29, 1.82) is 0 Å². The van der Waals surface area contributed by atoms with Crippen LogP contribution in [0.15, 0.2) is 30.3 Å². The molecule has 1 rings (SSSR count). The highest BCUT2D eigenvalue weighted by atomic mass is 16.6. The fourth-order valence-corrected chi connectivity index (χ4v) is 2.08. The van der Waals surface area contributed by atoms with Crippen molar-refractivity contribution >= 4 is 23.9 Å². The molecule has 148 valence electrons. The number of esters is 1. The van der Waals surface area contributed by atoms with Crippen LogP contribution in [0.5, 0.6) is 0 Å². The Morgan fingerprint density at radius 3 is 2.22 bits per heavy atom. The standard InChI is InChI=1S/C18H24N2O7/c1-18(2,3)27-17(25)20-12(9-11-7-5-4-6-8-11)16(24)26-13(15(22)23)10-14(19)21/h4-8,12-13H,9-10H2,1-3H3,(H2,19,21)(H,20,25)(H,22,23)/t12-,13-/m0/s1. The molecule has 27 heavy (non-hydrogen) atoms. The maximum atomic E-state index is 12.4. The van der Waals surface area contributed by atoms with E-state index >= 15 is 0 Å². The summed E-state index contributed by atoms with van der Waals surface area (Å²) >= 11 is 0. The van der Waals surface area contributed by atoms with E-state index in [-0.39, 0.29) is 6.42 Å². The molecule has 0 radical (unpaired) electrons. The van der Waals surface area contributed by atoms with Gasteiger partial charge in [0.25, 0.3) is 0 Å². The van der Waals surface area contributed by atoms with Crippen molar-refractivity contribution in [3.63, 3.8) is 0 Å². The van der Waals surface area contributed by atoms with E-state index in [1.807, 2.05) is 0 Å². The molecule has 1 aromatic carbocycles. The summed E-state index contributed by atoms with van der Waals surface area (Å²) in [5.74, 6) is -3.47. The lowest BCUT2D eigenvalue weighted by Crippen LogP contribution is -2.47. The molecule has 2 amide bonds. The van der Waals surface area contributed by atoms with Gasteiger partial charge < -0.3 is 25.6 Å². The molecule has 0 saturated heterocycles. The molecule has 9 heteroatoms. The van der Waals surface area contributed by atoms with Crippen molar-refractivity contribution in [2.45, 2.75) is 51.4 Å². The molecule has 0 heterocycles. The quantitative estimate of drug-likeness (QED) is 0.570. The second-order valence-electron chi connectivity index (χ2n) is 6.82. The maximum Gasteiger partial charge on any atom is 0.408 e. The zero-order chi connectivity index (χ0) is 20.6. The molecule has 0 aliphatic carbocycles. The Kier molecular flexibility index (Phi) is 7.77. The highest BCUT2D eigenvalue weighted by Gasteiger charge is 2.31. The van der Waals surface area contributed by atoms with Crippen molar-refractivity contribution in [2.75, 3.05) is 0 Å². The molecule has 0 bridgehead atoms. The Bertz CT molecular complexity index is 683. The Morgan fingerprint density at radius 1 is 1.15 bits per heavy atom. The largest absolute Gasteiger partial charge is 0.478 e. The number of carbonyl (C=O) groups is 4. The number of hydrogen-bond acceptors (Lipinski definition) is 6. The van der Waals surface area contributed by atoms with Gasteiger partial charge in [-0.1, -0.05) is 30.3 Å². The molecule has 4 N–H and O–H groups in total. The second-order valence-corrected chi connectivity index (χ2v) is 6.82. The van der Waals surface area contributed by atoms with Gasteiger partial charge in [0.1, 0.15) is 11.6 Å². The minimum Gasteiger partial charge on any atom is -0.478 e. The zero-order valence-corrected chi connectivity index (χ0v) is 15.4. The minimum atomic E-state index is -1.74.